The summed E-state index contributed by atoms with van der Waals surface area (Å²) in [5.41, 5.74) is 5.86. The van der Waals surface area contributed by atoms with Gasteiger partial charge in [-0.05, 0) is 6.92 Å². The Bertz CT molecular complexity index is 364. The number of nitrogens with two attached hydrogens (primary N) is 1. The van der Waals surface area contributed by atoms with E-state index in [0.29, 0.717) is 10.8 Å². The molecule has 0 aliphatic rings. The quantitative estimate of drug-likeness (QED) is 0.345. The summed E-state index contributed by atoms with van der Waals surface area (Å²) in [6.07, 6.45) is 1.06. The van der Waals surface area contributed by atoms with Crippen LogP contribution in [0.2, 0.25) is 0 Å². The van der Waals surface area contributed by atoms with E-state index >= 15 is 0 Å². The van der Waals surface area contributed by atoms with Crippen molar-refractivity contribution in [2.45, 2.75) is 12.8 Å². The Kier molecular flexibility index (Phi) is 4.04. The third kappa shape index (κ3) is 2.91. The molecule has 6 nitrogen and oxygen atoms in total. The first-order chi connectivity index (χ1) is 7.19. The number of oxime groups is 1. The minimum absolute atomic E-state index is 0.258. The zero-order valence-electron chi connectivity index (χ0n) is 8.08. The van der Waals surface area contributed by atoms with Crippen LogP contribution in [0.15, 0.2) is 10.5 Å². The van der Waals surface area contributed by atoms with Crippen LogP contribution in [0.1, 0.15) is 18.5 Å². The third-order valence-corrected chi connectivity index (χ3v) is 2.31. The molecule has 0 radical (unpaired) electrons. The Hall–Kier alpha value is -1.63. The Labute approximate surface area is 90.4 Å². The van der Waals surface area contributed by atoms with Crippen molar-refractivity contribution in [2.75, 3.05) is 12.3 Å². The van der Waals surface area contributed by atoms with Gasteiger partial charge >= 0.3 is 5.97 Å². The SMILES string of the molecule is CCOC(=O)C(C=NO)c1csc(N)n1. The topological polar surface area (TPSA) is 97.8 Å². The molecule has 0 amide bonds. The summed E-state index contributed by atoms with van der Waals surface area (Å²) in [6.45, 7) is 1.95. The second-order valence-corrected chi connectivity index (χ2v) is 3.49. The zero-order valence-corrected chi connectivity index (χ0v) is 8.90. The molecule has 3 N–H and O–H groups in total. The van der Waals surface area contributed by atoms with Crippen molar-refractivity contribution < 1.29 is 14.7 Å². The number of ether oxygens (including phenoxy) is 1. The predicted molar refractivity (Wildman–Crippen MR) is 56.2 cm³/mol. The van der Waals surface area contributed by atoms with E-state index in [1.165, 1.54) is 11.3 Å². The highest BCUT2D eigenvalue weighted by Gasteiger charge is 2.22. The van der Waals surface area contributed by atoms with E-state index in [0.717, 1.165) is 6.21 Å². The second kappa shape index (κ2) is 5.30. The number of carbonyl (C=O) groups excluding carboxylic acids is 1. The van der Waals surface area contributed by atoms with E-state index in [1.807, 2.05) is 0 Å². The van der Waals surface area contributed by atoms with Crippen molar-refractivity contribution in [3.8, 4) is 0 Å². The van der Waals surface area contributed by atoms with Gasteiger partial charge in [-0.25, -0.2) is 4.98 Å². The Balaban J connectivity index is 2.87. The molecule has 0 aliphatic heterocycles. The van der Waals surface area contributed by atoms with Crippen LogP contribution in [0.5, 0.6) is 0 Å². The number of hydrogen-bond acceptors (Lipinski definition) is 7. The maximum atomic E-state index is 11.4. The molecule has 0 bridgehead atoms. The lowest BCUT2D eigenvalue weighted by Crippen LogP contribution is -2.17. The van der Waals surface area contributed by atoms with Gasteiger partial charge < -0.3 is 15.7 Å². The van der Waals surface area contributed by atoms with Crippen LogP contribution in [0.4, 0.5) is 5.13 Å². The molecule has 1 aromatic heterocycles. The van der Waals surface area contributed by atoms with Crippen molar-refractivity contribution in [3.05, 3.63) is 11.1 Å². The summed E-state index contributed by atoms with van der Waals surface area (Å²) in [5.74, 6) is -1.32. The number of anilines is 1. The highest BCUT2D eigenvalue weighted by Crippen LogP contribution is 2.20. The molecule has 1 heterocycles. The number of carbonyl (C=O) groups is 1. The van der Waals surface area contributed by atoms with Gasteiger partial charge in [-0.3, -0.25) is 4.79 Å². The van der Waals surface area contributed by atoms with E-state index < -0.39 is 11.9 Å². The molecule has 82 valence electrons. The number of esters is 1. The Morgan fingerprint density at radius 2 is 2.67 bits per heavy atom. The smallest absolute Gasteiger partial charge is 0.320 e. The van der Waals surface area contributed by atoms with Crippen LogP contribution in [0.25, 0.3) is 0 Å². The lowest BCUT2D eigenvalue weighted by molar-refractivity contribution is -0.143. The normalized spacial score (nSPS) is 12.9. The lowest BCUT2D eigenvalue weighted by Gasteiger charge is -2.07. The van der Waals surface area contributed by atoms with Crippen molar-refractivity contribution in [1.82, 2.24) is 4.98 Å². The fourth-order valence-corrected chi connectivity index (χ4v) is 1.60. The molecule has 0 aliphatic carbocycles. The second-order valence-electron chi connectivity index (χ2n) is 2.60. The minimum Gasteiger partial charge on any atom is -0.465 e. The summed E-state index contributed by atoms with van der Waals surface area (Å²) in [6, 6.07) is 0. The van der Waals surface area contributed by atoms with Crippen LogP contribution >= 0.6 is 11.3 Å². The number of aromatic nitrogens is 1. The van der Waals surface area contributed by atoms with Gasteiger partial charge in [-0.2, -0.15) is 0 Å². The lowest BCUT2D eigenvalue weighted by atomic mass is 10.1. The third-order valence-electron chi connectivity index (χ3n) is 1.61. The van der Waals surface area contributed by atoms with Crippen molar-refractivity contribution in [3.63, 3.8) is 0 Å². The molecular formula is C8H11N3O3S. The van der Waals surface area contributed by atoms with E-state index in [9.17, 15) is 4.79 Å². The summed E-state index contributed by atoms with van der Waals surface area (Å²) in [4.78, 5) is 15.4. The molecule has 15 heavy (non-hydrogen) atoms. The number of hydrogen-bond donors (Lipinski definition) is 2. The average molecular weight is 229 g/mol. The van der Waals surface area contributed by atoms with E-state index in [2.05, 4.69) is 10.1 Å². The fraction of sp³-hybridized carbons (Fsp3) is 0.375. The highest BCUT2D eigenvalue weighted by molar-refractivity contribution is 7.13. The first kappa shape index (κ1) is 11.4. The van der Waals surface area contributed by atoms with Crippen LogP contribution in [0.3, 0.4) is 0 Å². The molecule has 1 unspecified atom stereocenters. The predicted octanol–water partition coefficient (Wildman–Crippen LogP) is 0.832. The van der Waals surface area contributed by atoms with Gasteiger partial charge in [0, 0.05) is 5.38 Å². The first-order valence-electron chi connectivity index (χ1n) is 4.24. The summed E-state index contributed by atoms with van der Waals surface area (Å²) in [7, 11) is 0. The summed E-state index contributed by atoms with van der Waals surface area (Å²) >= 11 is 1.21. The highest BCUT2D eigenvalue weighted by atomic mass is 32.1. The molecule has 0 spiro atoms. The molecule has 1 atom stereocenters. The average Bonchev–Trinajstić information content (AvgIpc) is 2.61. The Morgan fingerprint density at radius 3 is 3.13 bits per heavy atom. The number of nitrogens with zero attached hydrogens (tertiary/aromatic N) is 2. The standard InChI is InChI=1S/C8H11N3O3S/c1-2-14-7(12)5(3-10-13)6-4-15-8(9)11-6/h3-5,13H,2H2,1H3,(H2,9,11). The molecule has 7 heteroatoms. The van der Waals surface area contributed by atoms with Gasteiger partial charge in [0.1, 0.15) is 5.92 Å². The van der Waals surface area contributed by atoms with Crippen molar-refractivity contribution in [1.29, 1.82) is 0 Å². The minimum atomic E-state index is -0.802. The van der Waals surface area contributed by atoms with Gasteiger partial charge in [0.2, 0.25) is 0 Å². The monoisotopic (exact) mass is 229 g/mol. The van der Waals surface area contributed by atoms with Crippen molar-refractivity contribution in [2.24, 2.45) is 5.16 Å². The molecule has 1 rings (SSSR count). The number of nitrogen functional groups attached to an aromatic ring is 1. The molecule has 1 aromatic rings. The summed E-state index contributed by atoms with van der Waals surface area (Å²) < 4.78 is 4.80. The summed E-state index contributed by atoms with van der Waals surface area (Å²) in [5, 5.41) is 13.2. The van der Waals surface area contributed by atoms with Crippen LogP contribution in [0, 0.1) is 0 Å². The zero-order chi connectivity index (χ0) is 11.3. The maximum Gasteiger partial charge on any atom is 0.320 e. The first-order valence-corrected chi connectivity index (χ1v) is 5.12. The van der Waals surface area contributed by atoms with Gasteiger partial charge in [-0.1, -0.05) is 0 Å². The van der Waals surface area contributed by atoms with E-state index in [1.54, 1.807) is 12.3 Å². The molecule has 0 saturated heterocycles. The molecule has 0 aromatic carbocycles. The maximum absolute atomic E-state index is 11.4. The number of thiazole rings is 1. The van der Waals surface area contributed by atoms with Crippen LogP contribution in [-0.4, -0.2) is 29.0 Å². The fourth-order valence-electron chi connectivity index (χ4n) is 1.00. The Morgan fingerprint density at radius 1 is 1.93 bits per heavy atom. The van der Waals surface area contributed by atoms with Crippen molar-refractivity contribution >= 4 is 28.7 Å². The molecule has 0 saturated carbocycles. The largest absolute Gasteiger partial charge is 0.465 e. The number of rotatable bonds is 4. The van der Waals surface area contributed by atoms with Gasteiger partial charge in [0.15, 0.2) is 5.13 Å². The van der Waals surface area contributed by atoms with Gasteiger partial charge in [-0.15, -0.1) is 16.5 Å². The van der Waals surface area contributed by atoms with Gasteiger partial charge in [0.05, 0.1) is 18.5 Å². The van der Waals surface area contributed by atoms with E-state index in [-0.39, 0.29) is 6.61 Å². The molecular weight excluding hydrogens is 218 g/mol. The van der Waals surface area contributed by atoms with Gasteiger partial charge in [0.25, 0.3) is 0 Å². The molecule has 0 fully saturated rings. The van der Waals surface area contributed by atoms with Crippen LogP contribution < -0.4 is 5.73 Å². The van der Waals surface area contributed by atoms with Crippen LogP contribution in [-0.2, 0) is 9.53 Å². The van der Waals surface area contributed by atoms with E-state index in [4.69, 9.17) is 15.7 Å².